The van der Waals surface area contributed by atoms with Crippen LogP contribution < -0.4 is 5.73 Å². The van der Waals surface area contributed by atoms with E-state index in [0.717, 1.165) is 6.42 Å². The van der Waals surface area contributed by atoms with Gasteiger partial charge in [0.25, 0.3) is 0 Å². The highest BCUT2D eigenvalue weighted by Gasteiger charge is 2.14. The molecule has 0 aromatic heterocycles. The van der Waals surface area contributed by atoms with E-state index in [2.05, 4.69) is 0 Å². The lowest BCUT2D eigenvalue weighted by molar-refractivity contribution is -0.118. The maximum Gasteiger partial charge on any atom is 0.146 e. The molecule has 2 nitrogen and oxygen atoms in total. The third-order valence-electron chi connectivity index (χ3n) is 3.36. The van der Waals surface area contributed by atoms with Crippen LogP contribution in [-0.4, -0.2) is 11.8 Å². The molecule has 1 aromatic rings. The van der Waals surface area contributed by atoms with Crippen LogP contribution in [0.3, 0.4) is 0 Å². The van der Waals surface area contributed by atoms with Crippen LogP contribution >= 0.6 is 0 Å². The van der Waals surface area contributed by atoms with Crippen molar-refractivity contribution in [3.8, 4) is 0 Å². The molecule has 1 rings (SSSR count). The van der Waals surface area contributed by atoms with Gasteiger partial charge in [-0.2, -0.15) is 0 Å². The van der Waals surface area contributed by atoms with E-state index in [1.54, 1.807) is 0 Å². The second kappa shape index (κ2) is 7.34. The Labute approximate surface area is 113 Å². The van der Waals surface area contributed by atoms with Crippen LogP contribution in [0, 0.1) is 17.6 Å². The first-order valence-electron chi connectivity index (χ1n) is 6.60. The Morgan fingerprint density at radius 2 is 1.89 bits per heavy atom. The van der Waals surface area contributed by atoms with Gasteiger partial charge in [-0.15, -0.1) is 0 Å². The lowest BCUT2D eigenvalue weighted by Crippen LogP contribution is -2.30. The van der Waals surface area contributed by atoms with Crippen LogP contribution in [0.1, 0.15) is 38.7 Å². The Kier molecular flexibility index (Phi) is 6.09. The quantitative estimate of drug-likeness (QED) is 0.825. The summed E-state index contributed by atoms with van der Waals surface area (Å²) in [7, 11) is 0. The molecule has 0 heterocycles. The van der Waals surface area contributed by atoms with E-state index in [9.17, 15) is 13.6 Å². The molecule has 0 aliphatic carbocycles. The van der Waals surface area contributed by atoms with Crippen molar-refractivity contribution in [2.24, 2.45) is 11.7 Å². The molecule has 1 aromatic carbocycles. The summed E-state index contributed by atoms with van der Waals surface area (Å²) in [6, 6.07) is 3.48. The summed E-state index contributed by atoms with van der Waals surface area (Å²) >= 11 is 0. The Hall–Kier alpha value is -1.29. The number of carbonyl (C=O) groups is 1. The summed E-state index contributed by atoms with van der Waals surface area (Å²) < 4.78 is 26.8. The van der Waals surface area contributed by atoms with Crippen LogP contribution in [0.25, 0.3) is 0 Å². The topological polar surface area (TPSA) is 43.1 Å². The minimum atomic E-state index is -0.493. The number of rotatable bonds is 7. The monoisotopic (exact) mass is 269 g/mol. The van der Waals surface area contributed by atoms with Crippen LogP contribution in [0.2, 0.25) is 0 Å². The molecule has 2 N–H and O–H groups in total. The fraction of sp³-hybridized carbons (Fsp3) is 0.533. The molecular formula is C15H21F2NO. The Bertz CT molecular complexity index is 414. The molecule has 0 amide bonds. The molecule has 0 fully saturated rings. The van der Waals surface area contributed by atoms with Gasteiger partial charge in [0.15, 0.2) is 0 Å². The number of carbonyl (C=O) groups excluding carboxylic acids is 1. The first-order valence-corrected chi connectivity index (χ1v) is 6.60. The van der Waals surface area contributed by atoms with Crippen molar-refractivity contribution in [2.45, 2.75) is 45.6 Å². The molecule has 0 saturated heterocycles. The number of hydrogen-bond donors (Lipinski definition) is 1. The fourth-order valence-corrected chi connectivity index (χ4v) is 2.12. The van der Waals surface area contributed by atoms with Crippen LogP contribution in [0.4, 0.5) is 8.78 Å². The van der Waals surface area contributed by atoms with Crippen molar-refractivity contribution in [1.29, 1.82) is 0 Å². The maximum absolute atomic E-state index is 13.4. The van der Waals surface area contributed by atoms with Crippen LogP contribution in [-0.2, 0) is 11.2 Å². The van der Waals surface area contributed by atoms with Gasteiger partial charge in [-0.25, -0.2) is 8.78 Å². The van der Waals surface area contributed by atoms with Gasteiger partial charge in [0.05, 0.1) is 6.04 Å². The van der Waals surface area contributed by atoms with Crippen LogP contribution in [0.5, 0.6) is 0 Å². The first kappa shape index (κ1) is 15.8. The van der Waals surface area contributed by atoms with Gasteiger partial charge in [-0.05, 0) is 44.2 Å². The largest absolute Gasteiger partial charge is 0.322 e. The number of benzene rings is 1. The zero-order valence-electron chi connectivity index (χ0n) is 11.5. The average Bonchev–Trinajstić information content (AvgIpc) is 2.32. The van der Waals surface area contributed by atoms with Gasteiger partial charge in [0.1, 0.15) is 17.4 Å². The normalized spacial score (nSPS) is 14.2. The van der Waals surface area contributed by atoms with Gasteiger partial charge in [0.2, 0.25) is 0 Å². The van der Waals surface area contributed by atoms with E-state index in [1.807, 2.05) is 6.92 Å². The molecule has 0 unspecified atom stereocenters. The van der Waals surface area contributed by atoms with E-state index >= 15 is 0 Å². The van der Waals surface area contributed by atoms with E-state index in [1.165, 1.54) is 25.1 Å². The number of halogens is 2. The van der Waals surface area contributed by atoms with Crippen LogP contribution in [0.15, 0.2) is 18.2 Å². The zero-order chi connectivity index (χ0) is 14.4. The predicted molar refractivity (Wildman–Crippen MR) is 71.7 cm³/mol. The molecule has 0 saturated carbocycles. The molecule has 0 spiro atoms. The molecule has 0 bridgehead atoms. The summed E-state index contributed by atoms with van der Waals surface area (Å²) in [4.78, 5) is 11.0. The predicted octanol–water partition coefficient (Wildman–Crippen LogP) is 3.23. The van der Waals surface area contributed by atoms with E-state index in [4.69, 9.17) is 5.73 Å². The minimum Gasteiger partial charge on any atom is -0.322 e. The van der Waals surface area contributed by atoms with E-state index in [-0.39, 0.29) is 17.3 Å². The fourth-order valence-electron chi connectivity index (χ4n) is 2.12. The highest BCUT2D eigenvalue weighted by atomic mass is 19.1. The second-order valence-corrected chi connectivity index (χ2v) is 5.15. The van der Waals surface area contributed by atoms with Gasteiger partial charge in [-0.3, -0.25) is 4.79 Å². The first-order chi connectivity index (χ1) is 8.91. The average molecular weight is 269 g/mol. The standard InChI is InChI=1S/C15H21F2NO/c1-10(9-15(18)11(2)19)5-3-6-12-13(16)7-4-8-14(12)17/h4,7-8,10,15H,3,5-6,9,18H2,1-2H3/t10-,15-/m0/s1. The van der Waals surface area contributed by atoms with Crippen molar-refractivity contribution >= 4 is 5.78 Å². The SMILES string of the molecule is CC(=O)[C@@H](N)C[C@@H](C)CCCc1c(F)cccc1F. The summed E-state index contributed by atoms with van der Waals surface area (Å²) in [5.74, 6) is -0.734. The minimum absolute atomic E-state index is 0.0213. The molecule has 4 heteroatoms. The van der Waals surface area contributed by atoms with Crippen molar-refractivity contribution in [3.05, 3.63) is 35.4 Å². The molecule has 0 radical (unpaired) electrons. The van der Waals surface area contributed by atoms with Crippen molar-refractivity contribution < 1.29 is 13.6 Å². The van der Waals surface area contributed by atoms with Gasteiger partial charge < -0.3 is 5.73 Å². The zero-order valence-corrected chi connectivity index (χ0v) is 11.5. The number of nitrogens with two attached hydrogens (primary N) is 1. The molecule has 19 heavy (non-hydrogen) atoms. The third-order valence-corrected chi connectivity index (χ3v) is 3.36. The van der Waals surface area contributed by atoms with Gasteiger partial charge in [0, 0.05) is 5.56 Å². The highest BCUT2D eigenvalue weighted by molar-refractivity contribution is 5.81. The van der Waals surface area contributed by atoms with Gasteiger partial charge in [-0.1, -0.05) is 19.4 Å². The van der Waals surface area contributed by atoms with E-state index < -0.39 is 17.7 Å². The molecule has 0 aliphatic heterocycles. The maximum atomic E-state index is 13.4. The lowest BCUT2D eigenvalue weighted by atomic mass is 9.94. The Balaban J connectivity index is 2.40. The summed E-state index contributed by atoms with van der Waals surface area (Å²) in [5.41, 5.74) is 5.82. The van der Waals surface area contributed by atoms with Crippen molar-refractivity contribution in [3.63, 3.8) is 0 Å². The van der Waals surface area contributed by atoms with Gasteiger partial charge >= 0.3 is 0 Å². The second-order valence-electron chi connectivity index (χ2n) is 5.15. The van der Waals surface area contributed by atoms with Crippen molar-refractivity contribution in [1.82, 2.24) is 0 Å². The lowest BCUT2D eigenvalue weighted by Gasteiger charge is -2.15. The summed E-state index contributed by atoms with van der Waals surface area (Å²) in [5, 5.41) is 0. The number of hydrogen-bond acceptors (Lipinski definition) is 2. The molecule has 106 valence electrons. The third kappa shape index (κ3) is 5.07. The highest BCUT2D eigenvalue weighted by Crippen LogP contribution is 2.18. The summed E-state index contributed by atoms with van der Waals surface area (Å²) in [6.07, 6.45) is 2.48. The van der Waals surface area contributed by atoms with E-state index in [0.29, 0.717) is 19.3 Å². The smallest absolute Gasteiger partial charge is 0.146 e. The number of Topliss-reactive ketones (excluding diaryl/α,β-unsaturated/α-hetero) is 1. The number of ketones is 1. The molecular weight excluding hydrogens is 248 g/mol. The Morgan fingerprint density at radius 1 is 1.32 bits per heavy atom. The Morgan fingerprint density at radius 3 is 2.42 bits per heavy atom. The molecule has 2 atom stereocenters. The van der Waals surface area contributed by atoms with Crippen molar-refractivity contribution in [2.75, 3.05) is 0 Å². The summed E-state index contributed by atoms with van der Waals surface area (Å²) in [6.45, 7) is 3.48. The molecule has 0 aliphatic rings.